The minimum Gasteiger partial charge on any atom is -0.507 e. The summed E-state index contributed by atoms with van der Waals surface area (Å²) >= 11 is 0. The highest BCUT2D eigenvalue weighted by Crippen LogP contribution is 2.21. The van der Waals surface area contributed by atoms with E-state index in [1.54, 1.807) is 23.1 Å². The molecule has 1 aromatic rings. The van der Waals surface area contributed by atoms with Crippen LogP contribution >= 0.6 is 12.4 Å². The van der Waals surface area contributed by atoms with Gasteiger partial charge in [-0.2, -0.15) is 0 Å². The van der Waals surface area contributed by atoms with Crippen LogP contribution < -0.4 is 5.32 Å². The zero-order valence-electron chi connectivity index (χ0n) is 14.5. The van der Waals surface area contributed by atoms with Crippen LogP contribution in [0.1, 0.15) is 30.1 Å². The number of benzene rings is 1. The molecule has 138 valence electrons. The lowest BCUT2D eigenvalue weighted by Gasteiger charge is -2.38. The number of rotatable bonds is 2. The van der Waals surface area contributed by atoms with Crippen molar-refractivity contribution in [2.75, 3.05) is 32.7 Å². The first kappa shape index (κ1) is 19.5. The van der Waals surface area contributed by atoms with Crippen LogP contribution in [0, 0.1) is 5.92 Å². The number of hydrogen-bond acceptors (Lipinski definition) is 4. The number of phenolic OH excluding ortho intramolecular Hbond substituents is 1. The molecule has 6 nitrogen and oxygen atoms in total. The van der Waals surface area contributed by atoms with E-state index in [9.17, 15) is 14.7 Å². The summed E-state index contributed by atoms with van der Waals surface area (Å²) in [5, 5.41) is 13.2. The quantitative estimate of drug-likeness (QED) is 0.830. The monoisotopic (exact) mass is 367 g/mol. The fraction of sp³-hybridized carbons (Fsp3) is 0.556. The van der Waals surface area contributed by atoms with Crippen molar-refractivity contribution in [3.8, 4) is 5.75 Å². The Morgan fingerprint density at radius 3 is 2.40 bits per heavy atom. The van der Waals surface area contributed by atoms with Crippen LogP contribution in [-0.4, -0.2) is 65.5 Å². The third-order valence-corrected chi connectivity index (χ3v) is 4.99. The number of carbonyl (C=O) groups is 2. The number of nitrogens with one attached hydrogen (secondary N) is 1. The Labute approximate surface area is 154 Å². The zero-order valence-corrected chi connectivity index (χ0v) is 15.3. The summed E-state index contributed by atoms with van der Waals surface area (Å²) in [6.07, 6.45) is 1.77. The van der Waals surface area contributed by atoms with Gasteiger partial charge in [0.05, 0.1) is 5.56 Å². The second kappa shape index (κ2) is 8.54. The van der Waals surface area contributed by atoms with Gasteiger partial charge in [0.25, 0.3) is 5.91 Å². The van der Waals surface area contributed by atoms with Crippen LogP contribution in [0.25, 0.3) is 0 Å². The highest BCUT2D eigenvalue weighted by molar-refractivity contribution is 5.97. The summed E-state index contributed by atoms with van der Waals surface area (Å²) in [4.78, 5) is 28.7. The molecule has 0 aliphatic carbocycles. The number of piperidine rings is 1. The van der Waals surface area contributed by atoms with Gasteiger partial charge in [-0.25, -0.2) is 0 Å². The molecule has 0 saturated carbocycles. The van der Waals surface area contributed by atoms with E-state index < -0.39 is 0 Å². The molecule has 2 aliphatic heterocycles. The first-order chi connectivity index (χ1) is 11.6. The van der Waals surface area contributed by atoms with E-state index in [1.165, 1.54) is 6.07 Å². The summed E-state index contributed by atoms with van der Waals surface area (Å²) in [6, 6.07) is 6.97. The van der Waals surface area contributed by atoms with Crippen molar-refractivity contribution in [1.82, 2.24) is 15.1 Å². The Morgan fingerprint density at radius 1 is 1.12 bits per heavy atom. The summed E-state index contributed by atoms with van der Waals surface area (Å²) in [5.74, 6) is 0.153. The topological polar surface area (TPSA) is 72.9 Å². The van der Waals surface area contributed by atoms with Gasteiger partial charge in [0.2, 0.25) is 5.91 Å². The number of aromatic hydroxyl groups is 1. The van der Waals surface area contributed by atoms with Crippen molar-refractivity contribution in [3.05, 3.63) is 29.8 Å². The minimum atomic E-state index is -0.171. The smallest absolute Gasteiger partial charge is 0.257 e. The number of para-hydroxylation sites is 1. The van der Waals surface area contributed by atoms with Crippen LogP contribution in [0.2, 0.25) is 0 Å². The van der Waals surface area contributed by atoms with Crippen LogP contribution in [0.4, 0.5) is 0 Å². The molecule has 3 rings (SSSR count). The Kier molecular flexibility index (Phi) is 6.67. The van der Waals surface area contributed by atoms with E-state index in [1.807, 2.05) is 4.90 Å². The maximum absolute atomic E-state index is 12.7. The van der Waals surface area contributed by atoms with Gasteiger partial charge in [-0.05, 0) is 38.4 Å². The molecule has 1 aromatic carbocycles. The molecule has 2 N–H and O–H groups in total. The average Bonchev–Trinajstić information content (AvgIpc) is 2.61. The fourth-order valence-electron chi connectivity index (χ4n) is 3.57. The molecule has 0 aromatic heterocycles. The van der Waals surface area contributed by atoms with Crippen LogP contribution in [0.3, 0.4) is 0 Å². The van der Waals surface area contributed by atoms with Crippen molar-refractivity contribution >= 4 is 24.2 Å². The predicted molar refractivity (Wildman–Crippen MR) is 98.0 cm³/mol. The third-order valence-electron chi connectivity index (χ3n) is 4.99. The van der Waals surface area contributed by atoms with Crippen LogP contribution in [0.15, 0.2) is 24.3 Å². The van der Waals surface area contributed by atoms with E-state index in [4.69, 9.17) is 0 Å². The molecule has 2 amide bonds. The van der Waals surface area contributed by atoms with E-state index >= 15 is 0 Å². The predicted octanol–water partition coefficient (Wildman–Crippen LogP) is 1.49. The number of halogens is 1. The van der Waals surface area contributed by atoms with E-state index in [0.717, 1.165) is 19.4 Å². The highest BCUT2D eigenvalue weighted by Gasteiger charge is 2.31. The lowest BCUT2D eigenvalue weighted by atomic mass is 9.92. The summed E-state index contributed by atoms with van der Waals surface area (Å²) in [5.41, 5.74) is 0.324. The van der Waals surface area contributed by atoms with Gasteiger partial charge in [0, 0.05) is 38.1 Å². The number of piperazine rings is 1. The first-order valence-electron chi connectivity index (χ1n) is 8.65. The fourth-order valence-corrected chi connectivity index (χ4v) is 3.57. The molecule has 0 bridgehead atoms. The number of carbonyl (C=O) groups excluding carboxylic acids is 2. The van der Waals surface area contributed by atoms with Gasteiger partial charge >= 0.3 is 0 Å². The second-order valence-electron chi connectivity index (χ2n) is 6.71. The Balaban J connectivity index is 0.00000225. The molecule has 2 heterocycles. The molecule has 2 saturated heterocycles. The van der Waals surface area contributed by atoms with Gasteiger partial charge in [-0.3, -0.25) is 9.59 Å². The van der Waals surface area contributed by atoms with E-state index in [2.05, 4.69) is 12.2 Å². The van der Waals surface area contributed by atoms with Crippen molar-refractivity contribution in [2.45, 2.75) is 25.8 Å². The number of phenols is 1. The molecule has 0 spiro atoms. The molecule has 25 heavy (non-hydrogen) atoms. The Bertz CT molecular complexity index is 617. The van der Waals surface area contributed by atoms with E-state index in [0.29, 0.717) is 37.8 Å². The normalized spacial score (nSPS) is 23.7. The molecule has 7 heteroatoms. The molecule has 2 fully saturated rings. The van der Waals surface area contributed by atoms with Crippen molar-refractivity contribution in [1.29, 1.82) is 0 Å². The Morgan fingerprint density at radius 2 is 1.76 bits per heavy atom. The number of amides is 2. The molecule has 0 radical (unpaired) electrons. The largest absolute Gasteiger partial charge is 0.507 e. The molecule has 0 unspecified atom stereocenters. The lowest BCUT2D eigenvalue weighted by molar-refractivity contribution is -0.138. The summed E-state index contributed by atoms with van der Waals surface area (Å²) in [6.45, 7) is 5.16. The number of hydrogen-bond donors (Lipinski definition) is 2. The Hall–Kier alpha value is -1.79. The van der Waals surface area contributed by atoms with Crippen molar-refractivity contribution in [2.24, 2.45) is 5.92 Å². The molecule has 2 aliphatic rings. The zero-order chi connectivity index (χ0) is 17.1. The highest BCUT2D eigenvalue weighted by atomic mass is 35.5. The van der Waals surface area contributed by atoms with Gasteiger partial charge in [-0.1, -0.05) is 12.1 Å². The maximum atomic E-state index is 12.7. The maximum Gasteiger partial charge on any atom is 0.257 e. The second-order valence-corrected chi connectivity index (χ2v) is 6.71. The number of nitrogens with zero attached hydrogens (tertiary/aromatic N) is 2. The van der Waals surface area contributed by atoms with E-state index in [-0.39, 0.29) is 35.9 Å². The first-order valence-corrected chi connectivity index (χ1v) is 8.65. The van der Waals surface area contributed by atoms with Gasteiger partial charge < -0.3 is 20.2 Å². The van der Waals surface area contributed by atoms with Crippen LogP contribution in [-0.2, 0) is 4.79 Å². The molecular formula is C18H26ClN3O3. The molecular weight excluding hydrogens is 342 g/mol. The lowest BCUT2D eigenvalue weighted by Crippen LogP contribution is -2.53. The standard InChI is InChI=1S/C18H25N3O3.ClH/c1-13-12-14(6-7-19-13)17(23)20-8-10-21(11-9-20)18(24)15-4-2-3-5-16(15)22;/h2-5,13-14,19,22H,6-12H2,1H3;1H/t13-,14-;/m0./s1. The third kappa shape index (κ3) is 4.44. The van der Waals surface area contributed by atoms with Crippen molar-refractivity contribution < 1.29 is 14.7 Å². The summed E-state index contributed by atoms with van der Waals surface area (Å²) in [7, 11) is 0. The summed E-state index contributed by atoms with van der Waals surface area (Å²) < 4.78 is 0. The van der Waals surface area contributed by atoms with Crippen molar-refractivity contribution in [3.63, 3.8) is 0 Å². The van der Waals surface area contributed by atoms with Gasteiger partial charge in [-0.15, -0.1) is 12.4 Å². The van der Waals surface area contributed by atoms with Gasteiger partial charge in [0.15, 0.2) is 0 Å². The molecule has 2 atom stereocenters. The SMILES string of the molecule is C[C@H]1C[C@@H](C(=O)N2CCN(C(=O)c3ccccc3O)CC2)CCN1.Cl. The average molecular weight is 368 g/mol. The minimum absolute atomic E-state index is 0. The van der Waals surface area contributed by atoms with Crippen LogP contribution in [0.5, 0.6) is 5.75 Å². The van der Waals surface area contributed by atoms with Gasteiger partial charge in [0.1, 0.15) is 5.75 Å².